The molecule has 1 aliphatic rings. The summed E-state index contributed by atoms with van der Waals surface area (Å²) in [7, 11) is 1.18. The average Bonchev–Trinajstić information content (AvgIpc) is 3.94. The molecule has 4 aromatic rings. The van der Waals surface area contributed by atoms with E-state index < -0.39 is 16.1 Å². The first-order valence-corrected chi connectivity index (χ1v) is 17.8. The van der Waals surface area contributed by atoms with Crippen molar-refractivity contribution in [3.05, 3.63) is 119 Å². The van der Waals surface area contributed by atoms with Crippen LogP contribution in [0.1, 0.15) is 47.6 Å². The van der Waals surface area contributed by atoms with E-state index in [9.17, 15) is 18.0 Å². The first-order valence-electron chi connectivity index (χ1n) is 16.3. The van der Waals surface area contributed by atoms with Crippen LogP contribution in [0.15, 0.2) is 102 Å². The van der Waals surface area contributed by atoms with Crippen molar-refractivity contribution in [2.24, 2.45) is 0 Å². The van der Waals surface area contributed by atoms with E-state index in [1.54, 1.807) is 50.5 Å². The second-order valence-corrected chi connectivity index (χ2v) is 13.7. The van der Waals surface area contributed by atoms with E-state index in [0.717, 1.165) is 29.5 Å². The van der Waals surface area contributed by atoms with Crippen LogP contribution in [0, 0.1) is 0 Å². The topological polar surface area (TPSA) is 123 Å². The fraction of sp³-hybridized carbons (Fsp3) is 0.316. The third kappa shape index (κ3) is 9.61. The molecule has 0 unspecified atom stereocenters. The molecule has 1 saturated carbocycles. The van der Waals surface area contributed by atoms with Crippen molar-refractivity contribution >= 4 is 21.8 Å². The van der Waals surface area contributed by atoms with Gasteiger partial charge in [0.05, 0.1) is 26.2 Å². The highest BCUT2D eigenvalue weighted by Gasteiger charge is 2.32. The molecule has 49 heavy (non-hydrogen) atoms. The van der Waals surface area contributed by atoms with Gasteiger partial charge >= 0.3 is 0 Å². The molecular formula is C38H43N3O7S. The van der Waals surface area contributed by atoms with Gasteiger partial charge in [-0.1, -0.05) is 60.7 Å². The fourth-order valence-electron chi connectivity index (χ4n) is 5.54. The maximum absolute atomic E-state index is 14.1. The van der Waals surface area contributed by atoms with Gasteiger partial charge in [-0.3, -0.25) is 9.59 Å². The lowest BCUT2D eigenvalue weighted by molar-refractivity contribution is -0.141. The second-order valence-electron chi connectivity index (χ2n) is 12.0. The van der Waals surface area contributed by atoms with Gasteiger partial charge in [-0.25, -0.2) is 13.1 Å². The number of carbonyl (C=O) groups is 2. The molecule has 11 heteroatoms. The van der Waals surface area contributed by atoms with Gasteiger partial charge in [0.2, 0.25) is 21.8 Å². The molecule has 0 aromatic heterocycles. The Labute approximate surface area is 288 Å². The summed E-state index contributed by atoms with van der Waals surface area (Å²) >= 11 is 0. The van der Waals surface area contributed by atoms with Gasteiger partial charge < -0.3 is 24.4 Å². The van der Waals surface area contributed by atoms with E-state index in [-0.39, 0.29) is 35.7 Å². The third-order valence-electron chi connectivity index (χ3n) is 8.43. The van der Waals surface area contributed by atoms with Crippen LogP contribution in [0.5, 0.6) is 17.2 Å². The molecule has 0 aliphatic heterocycles. The largest absolute Gasteiger partial charge is 0.497 e. The lowest BCUT2D eigenvalue weighted by atomic mass is 10.0. The minimum atomic E-state index is -3.57. The van der Waals surface area contributed by atoms with Crippen molar-refractivity contribution in [3.8, 4) is 17.2 Å². The lowest BCUT2D eigenvalue weighted by Crippen LogP contribution is -2.44. The molecule has 0 radical (unpaired) electrons. The zero-order valence-corrected chi connectivity index (χ0v) is 28.9. The summed E-state index contributed by atoms with van der Waals surface area (Å²) in [6, 6.07) is 28.0. The Hall–Kier alpha value is -4.87. The van der Waals surface area contributed by atoms with Gasteiger partial charge in [0.25, 0.3) is 0 Å². The van der Waals surface area contributed by atoms with Crippen molar-refractivity contribution in [2.45, 2.75) is 55.6 Å². The number of nitrogens with zero attached hydrogens (tertiary/aromatic N) is 1. The SMILES string of the molecule is COc1ccc(CN(C(=O)CCc2ccc(S(=O)(=O)NC3CC3)cc2)[C@@H](C(=O)NCCc2ccc(OC)c(OC)c2)c2ccccc2)cc1. The first-order chi connectivity index (χ1) is 23.7. The van der Waals surface area contributed by atoms with Crippen LogP contribution in [0.3, 0.4) is 0 Å². The Morgan fingerprint density at radius 1 is 0.776 bits per heavy atom. The number of amides is 2. The Morgan fingerprint density at radius 3 is 2.06 bits per heavy atom. The van der Waals surface area contributed by atoms with Crippen molar-refractivity contribution < 1.29 is 32.2 Å². The molecule has 1 fully saturated rings. The highest BCUT2D eigenvalue weighted by Crippen LogP contribution is 2.29. The highest BCUT2D eigenvalue weighted by atomic mass is 32.2. The number of aryl methyl sites for hydroxylation is 1. The van der Waals surface area contributed by atoms with Gasteiger partial charge in [-0.05, 0) is 84.3 Å². The molecule has 1 aliphatic carbocycles. The quantitative estimate of drug-likeness (QED) is 0.156. The molecule has 0 spiro atoms. The third-order valence-corrected chi connectivity index (χ3v) is 9.97. The number of hydrogen-bond acceptors (Lipinski definition) is 7. The fourth-order valence-corrected chi connectivity index (χ4v) is 6.85. The van der Waals surface area contributed by atoms with Crippen LogP contribution in [0.4, 0.5) is 0 Å². The summed E-state index contributed by atoms with van der Waals surface area (Å²) in [5.74, 6) is 1.40. The number of benzene rings is 4. The predicted octanol–water partition coefficient (Wildman–Crippen LogP) is 5.21. The summed E-state index contributed by atoms with van der Waals surface area (Å²) in [4.78, 5) is 30.0. The summed E-state index contributed by atoms with van der Waals surface area (Å²) in [5, 5.41) is 3.06. The Morgan fingerprint density at radius 2 is 1.43 bits per heavy atom. The summed E-state index contributed by atoms with van der Waals surface area (Å²) in [6.45, 7) is 0.530. The molecule has 2 N–H and O–H groups in total. The number of hydrogen-bond donors (Lipinski definition) is 2. The minimum Gasteiger partial charge on any atom is -0.497 e. The maximum Gasteiger partial charge on any atom is 0.247 e. The molecule has 5 rings (SSSR count). The first kappa shape index (κ1) is 35.4. The number of nitrogens with one attached hydrogen (secondary N) is 2. The second kappa shape index (κ2) is 16.5. The zero-order valence-electron chi connectivity index (χ0n) is 28.1. The predicted molar refractivity (Wildman–Crippen MR) is 187 cm³/mol. The standard InChI is InChI=1S/C38H43N3O7S/c1-46-32-17-9-29(10-18-32)26-41(36(42)22-14-27-11-19-33(20-12-27)49(44,45)40-31-15-16-31)37(30-7-5-4-6-8-30)38(43)39-24-23-28-13-21-34(47-2)35(25-28)48-3/h4-13,17-21,25,31,37,40H,14-16,22-24,26H2,1-3H3,(H,39,43)/t37-/m1/s1. The Bertz CT molecular complexity index is 1810. The molecule has 0 saturated heterocycles. The van der Waals surface area contributed by atoms with Crippen LogP contribution in [-0.4, -0.2) is 59.0 Å². The molecule has 0 bridgehead atoms. The maximum atomic E-state index is 14.1. The van der Waals surface area contributed by atoms with Crippen molar-refractivity contribution in [3.63, 3.8) is 0 Å². The highest BCUT2D eigenvalue weighted by molar-refractivity contribution is 7.89. The minimum absolute atomic E-state index is 0.0136. The Kier molecular flexibility index (Phi) is 11.9. The van der Waals surface area contributed by atoms with Crippen LogP contribution in [-0.2, 0) is 39.0 Å². The summed E-state index contributed by atoms with van der Waals surface area (Å²) in [5.41, 5.74) is 3.30. The van der Waals surface area contributed by atoms with Gasteiger partial charge in [-0.15, -0.1) is 0 Å². The smallest absolute Gasteiger partial charge is 0.247 e. The molecule has 0 heterocycles. The molecule has 4 aromatic carbocycles. The number of sulfonamides is 1. The average molecular weight is 686 g/mol. The van der Waals surface area contributed by atoms with Crippen molar-refractivity contribution in [1.29, 1.82) is 0 Å². The summed E-state index contributed by atoms with van der Waals surface area (Å²) < 4.78 is 44.0. The number of rotatable bonds is 17. The monoisotopic (exact) mass is 685 g/mol. The van der Waals surface area contributed by atoms with Crippen molar-refractivity contribution in [1.82, 2.24) is 14.9 Å². The normalized spacial score (nSPS) is 13.3. The lowest BCUT2D eigenvalue weighted by Gasteiger charge is -2.32. The van der Waals surface area contributed by atoms with Crippen LogP contribution >= 0.6 is 0 Å². The van der Waals surface area contributed by atoms with E-state index in [4.69, 9.17) is 14.2 Å². The number of methoxy groups -OCH3 is 3. The van der Waals surface area contributed by atoms with Crippen molar-refractivity contribution in [2.75, 3.05) is 27.9 Å². The van der Waals surface area contributed by atoms with Crippen LogP contribution < -0.4 is 24.2 Å². The van der Waals surface area contributed by atoms with E-state index in [2.05, 4.69) is 10.0 Å². The molecule has 258 valence electrons. The van der Waals surface area contributed by atoms with E-state index in [1.165, 1.54) is 0 Å². The number of carbonyl (C=O) groups excluding carboxylic acids is 2. The van der Waals surface area contributed by atoms with E-state index >= 15 is 0 Å². The van der Waals surface area contributed by atoms with E-state index in [0.29, 0.717) is 42.2 Å². The molecule has 1 atom stereocenters. The molecular weight excluding hydrogens is 642 g/mol. The van der Waals surface area contributed by atoms with Gasteiger partial charge in [0, 0.05) is 25.6 Å². The number of ether oxygens (including phenoxy) is 3. The molecule has 2 amide bonds. The Balaban J connectivity index is 1.35. The van der Waals surface area contributed by atoms with Gasteiger partial charge in [0.15, 0.2) is 11.5 Å². The summed E-state index contributed by atoms with van der Waals surface area (Å²) in [6.07, 6.45) is 2.74. The van der Waals surface area contributed by atoms with Gasteiger partial charge in [0.1, 0.15) is 11.8 Å². The van der Waals surface area contributed by atoms with E-state index in [1.807, 2.05) is 72.8 Å². The van der Waals surface area contributed by atoms with Gasteiger partial charge in [-0.2, -0.15) is 0 Å². The van der Waals surface area contributed by atoms with Crippen LogP contribution in [0.2, 0.25) is 0 Å². The zero-order chi connectivity index (χ0) is 34.8. The molecule has 10 nitrogen and oxygen atoms in total. The van der Waals surface area contributed by atoms with Crippen LogP contribution in [0.25, 0.3) is 0 Å².